The minimum absolute atomic E-state index is 0.615. The Kier molecular flexibility index (Phi) is 5.65. The van der Waals surface area contributed by atoms with E-state index in [-0.39, 0.29) is 0 Å². The van der Waals surface area contributed by atoms with Crippen molar-refractivity contribution in [3.63, 3.8) is 0 Å². The lowest BCUT2D eigenvalue weighted by Gasteiger charge is -2.34. The van der Waals surface area contributed by atoms with Crippen LogP contribution in [0.4, 0.5) is 17.7 Å². The molecule has 5 rings (SSSR count). The molecule has 32 heavy (non-hydrogen) atoms. The zero-order chi connectivity index (χ0) is 21.8. The molecule has 2 aromatic carbocycles. The zero-order valence-corrected chi connectivity index (χ0v) is 18.0. The van der Waals surface area contributed by atoms with Crippen molar-refractivity contribution in [1.29, 1.82) is 0 Å². The maximum atomic E-state index is 5.49. The number of nitrogens with zero attached hydrogens (tertiary/aromatic N) is 6. The van der Waals surface area contributed by atoms with E-state index in [9.17, 15) is 0 Å². The lowest BCUT2D eigenvalue weighted by Crippen LogP contribution is -2.47. The summed E-state index contributed by atoms with van der Waals surface area (Å²) in [7, 11) is 1.69. The van der Waals surface area contributed by atoms with E-state index in [1.54, 1.807) is 19.5 Å². The molecule has 162 valence electrons. The Hall–Kier alpha value is -3.94. The first-order valence-corrected chi connectivity index (χ1v) is 10.7. The fourth-order valence-corrected chi connectivity index (χ4v) is 3.93. The number of hydrogen-bond acceptors (Lipinski definition) is 8. The van der Waals surface area contributed by atoms with Gasteiger partial charge in [0.2, 0.25) is 11.9 Å². The molecule has 8 heteroatoms. The Bertz CT molecular complexity index is 1190. The normalized spacial score (nSPS) is 13.9. The molecule has 1 aliphatic heterocycles. The van der Waals surface area contributed by atoms with Crippen LogP contribution in [-0.2, 0) is 6.54 Å². The third kappa shape index (κ3) is 4.12. The first-order chi connectivity index (χ1) is 15.8. The topological polar surface area (TPSA) is 79.3 Å². The number of rotatable bonds is 6. The van der Waals surface area contributed by atoms with Crippen LogP contribution in [0.1, 0.15) is 5.56 Å². The molecule has 0 amide bonds. The molecular formula is C24H25N7O. The number of ether oxygens (including phenoxy) is 1. The lowest BCUT2D eigenvalue weighted by atomic mass is 10.2. The Morgan fingerprint density at radius 2 is 1.50 bits per heavy atom. The molecule has 1 saturated heterocycles. The third-order valence-electron chi connectivity index (χ3n) is 5.63. The van der Waals surface area contributed by atoms with Crippen LogP contribution < -0.4 is 19.9 Å². The monoisotopic (exact) mass is 427 g/mol. The van der Waals surface area contributed by atoms with E-state index in [1.165, 1.54) is 0 Å². The van der Waals surface area contributed by atoms with E-state index in [0.717, 1.165) is 66.1 Å². The minimum atomic E-state index is 0.615. The van der Waals surface area contributed by atoms with Gasteiger partial charge in [0.05, 0.1) is 12.6 Å². The number of methoxy groups -OCH3 is 1. The highest BCUT2D eigenvalue weighted by Crippen LogP contribution is 2.26. The van der Waals surface area contributed by atoms with Gasteiger partial charge in [-0.05, 0) is 24.3 Å². The highest BCUT2D eigenvalue weighted by molar-refractivity contribution is 5.90. The summed E-state index contributed by atoms with van der Waals surface area (Å²) < 4.78 is 5.49. The predicted octanol–water partition coefficient (Wildman–Crippen LogP) is 3.37. The molecule has 8 nitrogen and oxygen atoms in total. The van der Waals surface area contributed by atoms with Crippen molar-refractivity contribution < 1.29 is 4.74 Å². The van der Waals surface area contributed by atoms with Gasteiger partial charge in [0.25, 0.3) is 0 Å². The number of aromatic nitrogens is 4. The second-order valence-corrected chi connectivity index (χ2v) is 7.58. The van der Waals surface area contributed by atoms with Crippen molar-refractivity contribution in [1.82, 2.24) is 19.9 Å². The van der Waals surface area contributed by atoms with Crippen molar-refractivity contribution in [2.45, 2.75) is 6.54 Å². The van der Waals surface area contributed by atoms with Crippen molar-refractivity contribution in [3.8, 4) is 5.75 Å². The average molecular weight is 428 g/mol. The van der Waals surface area contributed by atoms with Crippen molar-refractivity contribution in [2.75, 3.05) is 48.4 Å². The van der Waals surface area contributed by atoms with E-state index in [2.05, 4.69) is 31.2 Å². The van der Waals surface area contributed by atoms with E-state index >= 15 is 0 Å². The number of fused-ring (bicyclic) bond motifs is 1. The van der Waals surface area contributed by atoms with Gasteiger partial charge in [0, 0.05) is 56.1 Å². The summed E-state index contributed by atoms with van der Waals surface area (Å²) in [6, 6.07) is 17.9. The Labute approximate surface area is 186 Å². The number of para-hydroxylation sites is 2. The standard InChI is InChI=1S/C24H25N7O/c1-32-21-10-5-2-7-18(21)17-27-22-19-8-3-4-9-20(19)28-24(29-22)31-15-13-30(14-16-31)23-25-11-6-12-26-23/h2-12H,13-17H2,1H3,(H,27,28,29). The first kappa shape index (κ1) is 20.0. The summed E-state index contributed by atoms with van der Waals surface area (Å²) in [5.41, 5.74) is 2.00. The molecule has 0 atom stereocenters. The smallest absolute Gasteiger partial charge is 0.228 e. The van der Waals surface area contributed by atoms with Crippen LogP contribution >= 0.6 is 0 Å². The number of piperazine rings is 1. The molecule has 0 unspecified atom stereocenters. The second-order valence-electron chi connectivity index (χ2n) is 7.58. The summed E-state index contributed by atoms with van der Waals surface area (Å²) in [4.78, 5) is 22.9. The molecule has 0 saturated carbocycles. The Balaban J connectivity index is 1.38. The van der Waals surface area contributed by atoms with Gasteiger partial charge in [-0.3, -0.25) is 0 Å². The van der Waals surface area contributed by atoms with Crippen molar-refractivity contribution in [2.24, 2.45) is 0 Å². The molecular weight excluding hydrogens is 402 g/mol. The van der Waals surface area contributed by atoms with Gasteiger partial charge in [0.15, 0.2) is 0 Å². The molecule has 0 radical (unpaired) electrons. The van der Waals surface area contributed by atoms with E-state index in [0.29, 0.717) is 6.54 Å². The lowest BCUT2D eigenvalue weighted by molar-refractivity contribution is 0.410. The van der Waals surface area contributed by atoms with Gasteiger partial charge < -0.3 is 19.9 Å². The molecule has 0 aliphatic carbocycles. The van der Waals surface area contributed by atoms with E-state index < -0.39 is 0 Å². The summed E-state index contributed by atoms with van der Waals surface area (Å²) in [5, 5.41) is 4.51. The molecule has 0 bridgehead atoms. The van der Waals surface area contributed by atoms with Gasteiger partial charge in [-0.25, -0.2) is 15.0 Å². The summed E-state index contributed by atoms with van der Waals surface area (Å²) in [6.07, 6.45) is 3.56. The number of nitrogens with one attached hydrogen (secondary N) is 1. The molecule has 1 fully saturated rings. The van der Waals surface area contributed by atoms with Gasteiger partial charge in [-0.15, -0.1) is 0 Å². The number of benzene rings is 2. The van der Waals surface area contributed by atoms with Crippen LogP contribution in [0.2, 0.25) is 0 Å². The fraction of sp³-hybridized carbons (Fsp3) is 0.250. The Morgan fingerprint density at radius 3 is 2.28 bits per heavy atom. The molecule has 1 aliphatic rings. The molecule has 4 aromatic rings. The van der Waals surface area contributed by atoms with Crippen LogP contribution in [0.3, 0.4) is 0 Å². The van der Waals surface area contributed by atoms with Crippen LogP contribution in [0.5, 0.6) is 5.75 Å². The third-order valence-corrected chi connectivity index (χ3v) is 5.63. The average Bonchev–Trinajstić information content (AvgIpc) is 2.88. The summed E-state index contributed by atoms with van der Waals surface area (Å²) in [5.74, 6) is 3.19. The van der Waals surface area contributed by atoms with Crippen molar-refractivity contribution >= 4 is 28.6 Å². The molecule has 1 N–H and O–H groups in total. The zero-order valence-electron chi connectivity index (χ0n) is 18.0. The molecule has 3 heterocycles. The minimum Gasteiger partial charge on any atom is -0.496 e. The maximum Gasteiger partial charge on any atom is 0.228 e. The SMILES string of the molecule is COc1ccccc1CNc1nc(N2CCN(c3ncccn3)CC2)nc2ccccc12. The van der Waals surface area contributed by atoms with Crippen LogP contribution in [0, 0.1) is 0 Å². The highest BCUT2D eigenvalue weighted by Gasteiger charge is 2.22. The fourth-order valence-electron chi connectivity index (χ4n) is 3.93. The van der Waals surface area contributed by atoms with Crippen molar-refractivity contribution in [3.05, 3.63) is 72.6 Å². The Morgan fingerprint density at radius 1 is 0.812 bits per heavy atom. The quantitative estimate of drug-likeness (QED) is 0.502. The number of anilines is 3. The van der Waals surface area contributed by atoms with Crippen LogP contribution in [0.15, 0.2) is 67.0 Å². The van der Waals surface area contributed by atoms with Gasteiger partial charge in [-0.1, -0.05) is 30.3 Å². The van der Waals surface area contributed by atoms with E-state index in [4.69, 9.17) is 14.7 Å². The molecule has 0 spiro atoms. The number of hydrogen-bond donors (Lipinski definition) is 1. The second kappa shape index (κ2) is 9.05. The largest absolute Gasteiger partial charge is 0.496 e. The maximum absolute atomic E-state index is 5.49. The van der Waals surface area contributed by atoms with E-state index in [1.807, 2.05) is 48.5 Å². The summed E-state index contributed by atoms with van der Waals surface area (Å²) >= 11 is 0. The first-order valence-electron chi connectivity index (χ1n) is 10.7. The van der Waals surface area contributed by atoms with Gasteiger partial charge in [-0.2, -0.15) is 4.98 Å². The van der Waals surface area contributed by atoms with Crippen LogP contribution in [-0.4, -0.2) is 53.2 Å². The van der Waals surface area contributed by atoms with Gasteiger partial charge in [0.1, 0.15) is 11.6 Å². The summed E-state index contributed by atoms with van der Waals surface area (Å²) in [6.45, 7) is 3.88. The predicted molar refractivity (Wildman–Crippen MR) is 126 cm³/mol. The van der Waals surface area contributed by atoms with Gasteiger partial charge >= 0.3 is 0 Å². The molecule has 2 aromatic heterocycles. The van der Waals surface area contributed by atoms with Crippen LogP contribution in [0.25, 0.3) is 10.9 Å². The highest BCUT2D eigenvalue weighted by atomic mass is 16.5.